The lowest BCUT2D eigenvalue weighted by Crippen LogP contribution is -2.48. The van der Waals surface area contributed by atoms with E-state index < -0.39 is 29.2 Å². The Hall–Kier alpha value is -3.20. The van der Waals surface area contributed by atoms with Crippen LogP contribution < -0.4 is 5.32 Å². The molecule has 0 saturated heterocycles. The van der Waals surface area contributed by atoms with Gasteiger partial charge in [0.2, 0.25) is 0 Å². The van der Waals surface area contributed by atoms with Gasteiger partial charge in [0.25, 0.3) is 5.91 Å². The minimum absolute atomic E-state index is 0.225. The molecule has 2 aromatic carbocycles. The molecule has 4 rings (SSSR count). The number of halogens is 3. The largest absolute Gasteiger partial charge is 0.445 e. The minimum Gasteiger partial charge on any atom is -0.445 e. The fraction of sp³-hybridized carbons (Fsp3) is 0.227. The lowest BCUT2D eigenvalue weighted by molar-refractivity contribution is -0.137. The standard InChI is InChI=1S/C22H17F3N2O3S/c1-21(11-14-6-2-3-8-17(14)18(28)30-21)19(29)27-20-26-12-16(31-20)10-13-5-4-7-15(9-13)22(23,24)25/h2-9,12H,10-11H2,1H3,(H,26,27,29)/t21-/m0/s1. The van der Waals surface area contributed by atoms with Crippen LogP contribution in [0.2, 0.25) is 0 Å². The quantitative estimate of drug-likeness (QED) is 0.581. The van der Waals surface area contributed by atoms with Crippen LogP contribution in [0.3, 0.4) is 0 Å². The predicted molar refractivity (Wildman–Crippen MR) is 109 cm³/mol. The van der Waals surface area contributed by atoms with Gasteiger partial charge in [-0.2, -0.15) is 13.2 Å². The molecule has 2 heterocycles. The molecule has 1 aromatic heterocycles. The number of fused-ring (bicyclic) bond motifs is 1. The van der Waals surface area contributed by atoms with Crippen LogP contribution in [0.1, 0.15) is 38.8 Å². The molecule has 0 unspecified atom stereocenters. The number of hydrogen-bond acceptors (Lipinski definition) is 5. The fourth-order valence-electron chi connectivity index (χ4n) is 3.39. The van der Waals surface area contributed by atoms with E-state index in [1.807, 2.05) is 0 Å². The number of esters is 1. The Bertz CT molecular complexity index is 1160. The summed E-state index contributed by atoms with van der Waals surface area (Å²) in [5.41, 5.74) is -0.458. The molecular formula is C22H17F3N2O3S. The van der Waals surface area contributed by atoms with Gasteiger partial charge in [0, 0.05) is 23.9 Å². The maximum atomic E-state index is 12.9. The molecule has 3 aromatic rings. The number of benzene rings is 2. The van der Waals surface area contributed by atoms with E-state index in [0.717, 1.165) is 29.0 Å². The van der Waals surface area contributed by atoms with Gasteiger partial charge in [-0.25, -0.2) is 9.78 Å². The highest BCUT2D eigenvalue weighted by molar-refractivity contribution is 7.15. The highest BCUT2D eigenvalue weighted by Gasteiger charge is 2.42. The van der Waals surface area contributed by atoms with Crippen molar-refractivity contribution in [2.45, 2.75) is 31.5 Å². The minimum atomic E-state index is -4.41. The van der Waals surface area contributed by atoms with Crippen molar-refractivity contribution in [2.75, 3.05) is 5.32 Å². The van der Waals surface area contributed by atoms with Crippen LogP contribution in [-0.4, -0.2) is 22.5 Å². The number of rotatable bonds is 4. The topological polar surface area (TPSA) is 68.3 Å². The number of ether oxygens (including phenoxy) is 1. The van der Waals surface area contributed by atoms with Crippen molar-refractivity contribution >= 4 is 28.3 Å². The average Bonchev–Trinajstić information content (AvgIpc) is 3.14. The molecule has 1 aliphatic heterocycles. The second kappa shape index (κ2) is 7.81. The van der Waals surface area contributed by atoms with E-state index in [1.165, 1.54) is 19.2 Å². The van der Waals surface area contributed by atoms with Gasteiger partial charge in [0.15, 0.2) is 10.7 Å². The summed E-state index contributed by atoms with van der Waals surface area (Å²) in [6.07, 6.45) is -2.43. The number of anilines is 1. The molecule has 0 saturated carbocycles. The van der Waals surface area contributed by atoms with Crippen LogP contribution in [0.15, 0.2) is 54.7 Å². The van der Waals surface area contributed by atoms with Crippen molar-refractivity contribution in [3.05, 3.63) is 81.9 Å². The van der Waals surface area contributed by atoms with Gasteiger partial charge < -0.3 is 4.74 Å². The Labute approximate surface area is 179 Å². The average molecular weight is 446 g/mol. The van der Waals surface area contributed by atoms with E-state index in [1.54, 1.807) is 30.3 Å². The molecule has 0 radical (unpaired) electrons. The first kappa shape index (κ1) is 21.0. The van der Waals surface area contributed by atoms with Gasteiger partial charge in [-0.3, -0.25) is 10.1 Å². The van der Waals surface area contributed by atoms with Crippen LogP contribution in [-0.2, 0) is 28.5 Å². The number of alkyl halides is 3. The number of thiazole rings is 1. The highest BCUT2D eigenvalue weighted by Crippen LogP contribution is 2.32. The summed E-state index contributed by atoms with van der Waals surface area (Å²) in [7, 11) is 0. The summed E-state index contributed by atoms with van der Waals surface area (Å²) in [4.78, 5) is 29.9. The first-order valence-electron chi connectivity index (χ1n) is 9.38. The van der Waals surface area contributed by atoms with Crippen molar-refractivity contribution in [3.8, 4) is 0 Å². The van der Waals surface area contributed by atoms with Crippen LogP contribution in [0, 0.1) is 0 Å². The molecular weight excluding hydrogens is 429 g/mol. The summed E-state index contributed by atoms with van der Waals surface area (Å²) in [6.45, 7) is 1.54. The molecule has 9 heteroatoms. The third-order valence-electron chi connectivity index (χ3n) is 4.97. The van der Waals surface area contributed by atoms with Crippen molar-refractivity contribution in [3.63, 3.8) is 0 Å². The zero-order valence-electron chi connectivity index (χ0n) is 16.3. The third kappa shape index (κ3) is 4.46. The van der Waals surface area contributed by atoms with Gasteiger partial charge in [-0.05, 0) is 30.2 Å². The van der Waals surface area contributed by atoms with E-state index in [9.17, 15) is 22.8 Å². The van der Waals surface area contributed by atoms with E-state index in [-0.39, 0.29) is 18.0 Å². The lowest BCUT2D eigenvalue weighted by Gasteiger charge is -2.32. The van der Waals surface area contributed by atoms with Gasteiger partial charge in [0.05, 0.1) is 11.1 Å². The first-order valence-corrected chi connectivity index (χ1v) is 10.2. The fourth-order valence-corrected chi connectivity index (χ4v) is 4.24. The molecule has 1 aliphatic rings. The Morgan fingerprint density at radius 2 is 2.00 bits per heavy atom. The first-order chi connectivity index (χ1) is 14.6. The van der Waals surface area contributed by atoms with Gasteiger partial charge in [-0.15, -0.1) is 11.3 Å². The Kier molecular flexibility index (Phi) is 5.30. The second-order valence-electron chi connectivity index (χ2n) is 7.42. The van der Waals surface area contributed by atoms with Gasteiger partial charge >= 0.3 is 12.1 Å². The normalized spacial score (nSPS) is 18.3. The zero-order valence-corrected chi connectivity index (χ0v) is 17.1. The van der Waals surface area contributed by atoms with Crippen LogP contribution in [0.25, 0.3) is 0 Å². The van der Waals surface area contributed by atoms with Gasteiger partial charge in [0.1, 0.15) is 0 Å². The SMILES string of the molecule is C[C@@]1(C(=O)Nc2ncc(Cc3cccc(C(F)(F)F)c3)s2)Cc2ccccc2C(=O)O1. The molecule has 0 fully saturated rings. The van der Waals surface area contributed by atoms with Crippen LogP contribution >= 0.6 is 11.3 Å². The summed E-state index contributed by atoms with van der Waals surface area (Å²) in [6, 6.07) is 12.0. The number of aromatic nitrogens is 1. The van der Waals surface area contributed by atoms with E-state index in [4.69, 9.17) is 4.74 Å². The Morgan fingerprint density at radius 1 is 1.23 bits per heavy atom. The number of hydrogen-bond donors (Lipinski definition) is 1. The van der Waals surface area contributed by atoms with E-state index in [0.29, 0.717) is 16.0 Å². The molecule has 0 aliphatic carbocycles. The number of carbonyl (C=O) groups is 2. The molecule has 1 amide bonds. The summed E-state index contributed by atoms with van der Waals surface area (Å²) >= 11 is 1.15. The molecule has 0 bridgehead atoms. The molecule has 0 spiro atoms. The van der Waals surface area contributed by atoms with E-state index >= 15 is 0 Å². The molecule has 5 nitrogen and oxygen atoms in total. The molecule has 160 valence electrons. The van der Waals surface area contributed by atoms with Crippen molar-refractivity contribution in [1.29, 1.82) is 0 Å². The smallest absolute Gasteiger partial charge is 0.416 e. The molecule has 1 N–H and O–H groups in total. The maximum absolute atomic E-state index is 12.9. The zero-order chi connectivity index (χ0) is 22.2. The third-order valence-corrected chi connectivity index (χ3v) is 5.88. The number of nitrogens with one attached hydrogen (secondary N) is 1. The Balaban J connectivity index is 1.46. The van der Waals surface area contributed by atoms with Crippen molar-refractivity contribution in [1.82, 2.24) is 4.98 Å². The number of carbonyl (C=O) groups excluding carboxylic acids is 2. The summed E-state index contributed by atoms with van der Waals surface area (Å²) in [5, 5.41) is 2.94. The number of nitrogens with zero attached hydrogens (tertiary/aromatic N) is 1. The predicted octanol–water partition coefficient (Wildman–Crippen LogP) is 4.86. The highest BCUT2D eigenvalue weighted by atomic mass is 32.1. The second-order valence-corrected chi connectivity index (χ2v) is 8.53. The molecule has 1 atom stereocenters. The molecule has 31 heavy (non-hydrogen) atoms. The Morgan fingerprint density at radius 3 is 2.77 bits per heavy atom. The maximum Gasteiger partial charge on any atom is 0.416 e. The van der Waals surface area contributed by atoms with Crippen molar-refractivity contribution < 1.29 is 27.5 Å². The number of cyclic esters (lactones) is 1. The van der Waals surface area contributed by atoms with Crippen LogP contribution in [0.4, 0.5) is 18.3 Å². The van der Waals surface area contributed by atoms with Gasteiger partial charge in [-0.1, -0.05) is 36.4 Å². The van der Waals surface area contributed by atoms with Crippen molar-refractivity contribution in [2.24, 2.45) is 0 Å². The van der Waals surface area contributed by atoms with Crippen LogP contribution in [0.5, 0.6) is 0 Å². The number of amides is 1. The summed E-state index contributed by atoms with van der Waals surface area (Å²) < 4.78 is 44.1. The lowest BCUT2D eigenvalue weighted by atomic mass is 9.89. The monoisotopic (exact) mass is 446 g/mol. The summed E-state index contributed by atoms with van der Waals surface area (Å²) in [5.74, 6) is -1.08. The van der Waals surface area contributed by atoms with E-state index in [2.05, 4.69) is 10.3 Å².